The molecule has 1 aliphatic heterocycles. The summed E-state index contributed by atoms with van der Waals surface area (Å²) >= 11 is 0. The Balaban J connectivity index is 1.76. The molecule has 7 nitrogen and oxygen atoms in total. The number of nitrogens with zero attached hydrogens (tertiary/aromatic N) is 1. The Bertz CT molecular complexity index is 771. The van der Waals surface area contributed by atoms with E-state index in [1.54, 1.807) is 30.5 Å². The van der Waals surface area contributed by atoms with Crippen LogP contribution in [0.4, 0.5) is 5.69 Å². The van der Waals surface area contributed by atoms with Crippen LogP contribution in [0.1, 0.15) is 12.0 Å². The number of hydrogen-bond donors (Lipinski definition) is 2. The molecule has 1 unspecified atom stereocenters. The third-order valence-electron chi connectivity index (χ3n) is 3.80. The summed E-state index contributed by atoms with van der Waals surface area (Å²) in [5.41, 5.74) is 6.34. The summed E-state index contributed by atoms with van der Waals surface area (Å²) in [7, 11) is 0. The summed E-state index contributed by atoms with van der Waals surface area (Å²) in [5, 5.41) is 10.6. The van der Waals surface area contributed by atoms with Crippen LogP contribution >= 0.6 is 0 Å². The Morgan fingerprint density at radius 1 is 1.08 bits per heavy atom. The summed E-state index contributed by atoms with van der Waals surface area (Å²) < 4.78 is 5.68. The number of nitrogens with one attached hydrogen (secondary N) is 2. The lowest BCUT2D eigenvalue weighted by Gasteiger charge is -2.26. The molecule has 1 aliphatic rings. The average molecular weight is 325 g/mol. The quantitative estimate of drug-likeness (QED) is 0.482. The first kappa shape index (κ1) is 15.7. The second-order valence-electron chi connectivity index (χ2n) is 5.32. The molecule has 0 bridgehead atoms. The lowest BCUT2D eigenvalue weighted by atomic mass is 9.88. The molecule has 0 radical (unpaired) electrons. The van der Waals surface area contributed by atoms with Gasteiger partial charge in [-0.3, -0.25) is 10.1 Å². The van der Waals surface area contributed by atoms with Crippen molar-refractivity contribution in [3.05, 3.63) is 76.5 Å². The highest BCUT2D eigenvalue weighted by Crippen LogP contribution is 2.30. The Labute approximate surface area is 138 Å². The van der Waals surface area contributed by atoms with Gasteiger partial charge in [-0.2, -0.15) is 0 Å². The molecule has 0 aromatic heterocycles. The monoisotopic (exact) mass is 325 g/mol. The van der Waals surface area contributed by atoms with Crippen LogP contribution in [0.25, 0.3) is 0 Å². The molecule has 3 rings (SSSR count). The average Bonchev–Trinajstić information content (AvgIpc) is 3.06. The van der Waals surface area contributed by atoms with E-state index < -0.39 is 10.5 Å². The van der Waals surface area contributed by atoms with Gasteiger partial charge in [0.25, 0.3) is 5.69 Å². The van der Waals surface area contributed by atoms with Gasteiger partial charge in [0.2, 0.25) is 0 Å². The van der Waals surface area contributed by atoms with Gasteiger partial charge in [0.1, 0.15) is 17.8 Å². The van der Waals surface area contributed by atoms with Gasteiger partial charge < -0.3 is 15.0 Å². The van der Waals surface area contributed by atoms with Gasteiger partial charge in [-0.1, -0.05) is 12.1 Å². The Morgan fingerprint density at radius 2 is 1.71 bits per heavy atom. The van der Waals surface area contributed by atoms with E-state index in [4.69, 9.17) is 4.74 Å². The van der Waals surface area contributed by atoms with Crippen LogP contribution in [0, 0.1) is 10.1 Å². The molecule has 0 spiro atoms. The normalized spacial score (nSPS) is 18.8. The number of hydrogen-bond acceptors (Lipinski definition) is 6. The van der Waals surface area contributed by atoms with Crippen molar-refractivity contribution in [2.24, 2.45) is 0 Å². The van der Waals surface area contributed by atoms with Crippen molar-refractivity contribution in [2.75, 3.05) is 0 Å². The predicted molar refractivity (Wildman–Crippen MR) is 87.4 cm³/mol. The second kappa shape index (κ2) is 6.51. The summed E-state index contributed by atoms with van der Waals surface area (Å²) in [6.45, 7) is 0. The molecule has 1 atom stereocenters. The molecule has 2 N–H and O–H groups in total. The van der Waals surface area contributed by atoms with Gasteiger partial charge in [-0.15, -0.1) is 0 Å². The number of ether oxygens (including phenoxy) is 1. The maximum absolute atomic E-state index is 10.9. The van der Waals surface area contributed by atoms with E-state index in [-0.39, 0.29) is 5.69 Å². The number of aldehydes is 1. The fraction of sp³-hybridized carbons (Fsp3) is 0.118. The molecule has 7 heteroatoms. The Hall–Kier alpha value is -3.19. The topological polar surface area (TPSA) is 93.5 Å². The van der Waals surface area contributed by atoms with Crippen molar-refractivity contribution in [1.29, 1.82) is 0 Å². The minimum Gasteiger partial charge on any atom is -0.457 e. The molecule has 122 valence electrons. The summed E-state index contributed by atoms with van der Waals surface area (Å²) in [4.78, 5) is 21.1. The van der Waals surface area contributed by atoms with Gasteiger partial charge in [0, 0.05) is 24.8 Å². The van der Waals surface area contributed by atoms with Gasteiger partial charge in [0.15, 0.2) is 0 Å². The summed E-state index contributed by atoms with van der Waals surface area (Å²) in [5.74, 6) is 1.11. The van der Waals surface area contributed by atoms with Crippen LogP contribution in [0.15, 0.2) is 60.8 Å². The maximum atomic E-state index is 10.9. The lowest BCUT2D eigenvalue weighted by Crippen LogP contribution is -2.42. The Kier molecular flexibility index (Phi) is 4.26. The first-order valence-electron chi connectivity index (χ1n) is 7.30. The highest BCUT2D eigenvalue weighted by Gasteiger charge is 2.31. The summed E-state index contributed by atoms with van der Waals surface area (Å²) in [6.07, 6.45) is 4.82. The SMILES string of the molecule is O=CCC1(c2ccc(Oc3ccc([N+](=O)[O-])cc3)cc2)C=CNN1. The molecule has 0 aliphatic carbocycles. The van der Waals surface area contributed by atoms with Gasteiger partial charge in [-0.05, 0) is 35.9 Å². The van der Waals surface area contributed by atoms with Crippen molar-refractivity contribution in [1.82, 2.24) is 10.9 Å². The highest BCUT2D eigenvalue weighted by molar-refractivity contribution is 5.55. The zero-order chi connectivity index (χ0) is 17.0. The third kappa shape index (κ3) is 3.11. The van der Waals surface area contributed by atoms with E-state index in [0.717, 1.165) is 11.8 Å². The van der Waals surface area contributed by atoms with Crippen molar-refractivity contribution >= 4 is 12.0 Å². The predicted octanol–water partition coefficient (Wildman–Crippen LogP) is 2.79. The van der Waals surface area contributed by atoms with Gasteiger partial charge in [0.05, 0.1) is 10.5 Å². The molecular formula is C17H15N3O4. The molecular weight excluding hydrogens is 310 g/mol. The molecule has 2 aromatic carbocycles. The number of carbonyl (C=O) groups excluding carboxylic acids is 1. The lowest BCUT2D eigenvalue weighted by molar-refractivity contribution is -0.384. The van der Waals surface area contributed by atoms with E-state index in [1.807, 2.05) is 18.2 Å². The minimum atomic E-state index is -0.562. The standard InChI is InChI=1S/C17H15N3O4/c21-12-10-17(9-11-18-19-17)13-1-5-15(6-2-13)24-16-7-3-14(4-8-16)20(22)23/h1-9,11-12,18-19H,10H2. The smallest absolute Gasteiger partial charge is 0.269 e. The van der Waals surface area contributed by atoms with Gasteiger partial charge >= 0.3 is 0 Å². The number of hydrazine groups is 1. The van der Waals surface area contributed by atoms with Gasteiger partial charge in [-0.25, -0.2) is 5.43 Å². The van der Waals surface area contributed by atoms with Crippen molar-refractivity contribution in [3.8, 4) is 11.5 Å². The molecule has 2 aromatic rings. The Morgan fingerprint density at radius 3 is 2.21 bits per heavy atom. The van der Waals surface area contributed by atoms with E-state index in [0.29, 0.717) is 17.9 Å². The number of nitro groups is 1. The molecule has 0 amide bonds. The minimum absolute atomic E-state index is 0.0140. The summed E-state index contributed by atoms with van der Waals surface area (Å²) in [6, 6.07) is 13.2. The van der Waals surface area contributed by atoms with Crippen LogP contribution < -0.4 is 15.6 Å². The zero-order valence-corrected chi connectivity index (χ0v) is 12.6. The highest BCUT2D eigenvalue weighted by atomic mass is 16.6. The molecule has 1 heterocycles. The first-order chi connectivity index (χ1) is 11.6. The third-order valence-corrected chi connectivity index (χ3v) is 3.80. The maximum Gasteiger partial charge on any atom is 0.269 e. The number of nitro benzene ring substituents is 1. The van der Waals surface area contributed by atoms with Crippen LogP contribution in [-0.2, 0) is 10.3 Å². The van der Waals surface area contributed by atoms with Crippen molar-refractivity contribution in [3.63, 3.8) is 0 Å². The van der Waals surface area contributed by atoms with Crippen LogP contribution in [0.5, 0.6) is 11.5 Å². The second-order valence-corrected chi connectivity index (χ2v) is 5.32. The first-order valence-corrected chi connectivity index (χ1v) is 7.30. The largest absolute Gasteiger partial charge is 0.457 e. The zero-order valence-electron chi connectivity index (χ0n) is 12.6. The number of non-ortho nitro benzene ring substituents is 1. The molecule has 0 saturated heterocycles. The van der Waals surface area contributed by atoms with Crippen molar-refractivity contribution in [2.45, 2.75) is 12.0 Å². The van der Waals surface area contributed by atoms with Crippen molar-refractivity contribution < 1.29 is 14.5 Å². The number of benzene rings is 2. The van der Waals surface area contributed by atoms with E-state index >= 15 is 0 Å². The number of carbonyl (C=O) groups is 1. The fourth-order valence-electron chi connectivity index (χ4n) is 2.53. The number of rotatable bonds is 6. The van der Waals surface area contributed by atoms with E-state index in [2.05, 4.69) is 10.9 Å². The van der Waals surface area contributed by atoms with Crippen LogP contribution in [0.2, 0.25) is 0 Å². The molecule has 24 heavy (non-hydrogen) atoms. The van der Waals surface area contributed by atoms with Crippen LogP contribution in [0.3, 0.4) is 0 Å². The molecule has 0 fully saturated rings. The molecule has 0 saturated carbocycles. The van der Waals surface area contributed by atoms with E-state index in [1.165, 1.54) is 12.1 Å². The van der Waals surface area contributed by atoms with E-state index in [9.17, 15) is 14.9 Å². The fourth-order valence-corrected chi connectivity index (χ4v) is 2.53. The van der Waals surface area contributed by atoms with Crippen LogP contribution in [-0.4, -0.2) is 11.2 Å².